The Hall–Kier alpha value is -2.69. The predicted molar refractivity (Wildman–Crippen MR) is 83.2 cm³/mol. The number of hydrogen-bond acceptors (Lipinski definition) is 4. The van der Waals surface area contributed by atoms with Crippen molar-refractivity contribution in [3.05, 3.63) is 69.8 Å². The smallest absolute Gasteiger partial charge is 0.343 e. The topological polar surface area (TPSA) is 69.4 Å². The summed E-state index contributed by atoms with van der Waals surface area (Å²) in [5.41, 5.74) is 0.974. The third kappa shape index (κ3) is 3.49. The number of non-ortho nitro benzene ring substituents is 1. The predicted octanol–water partition coefficient (Wildman–Crippen LogP) is 4.33. The van der Waals surface area contributed by atoms with Crippen molar-refractivity contribution >= 4 is 11.7 Å². The van der Waals surface area contributed by atoms with Crippen LogP contribution in [0.1, 0.15) is 42.1 Å². The lowest BCUT2D eigenvalue weighted by Crippen LogP contribution is -2.10. The number of para-hydroxylation sites is 1. The molecule has 0 aromatic heterocycles. The van der Waals surface area contributed by atoms with Gasteiger partial charge < -0.3 is 4.74 Å². The Kier molecular flexibility index (Phi) is 4.88. The van der Waals surface area contributed by atoms with Crippen molar-refractivity contribution in [2.24, 2.45) is 0 Å². The molecule has 5 heteroatoms. The maximum absolute atomic E-state index is 12.2. The monoisotopic (exact) mass is 299 g/mol. The van der Waals surface area contributed by atoms with Gasteiger partial charge in [-0.3, -0.25) is 10.1 Å². The van der Waals surface area contributed by atoms with Crippen molar-refractivity contribution in [2.45, 2.75) is 26.2 Å². The lowest BCUT2D eigenvalue weighted by atomic mass is 9.98. The fourth-order valence-corrected chi connectivity index (χ4v) is 2.11. The van der Waals surface area contributed by atoms with Crippen LogP contribution >= 0.6 is 0 Å². The van der Waals surface area contributed by atoms with E-state index in [2.05, 4.69) is 13.8 Å². The minimum absolute atomic E-state index is 0.135. The first-order valence-corrected chi connectivity index (χ1v) is 7.08. The lowest BCUT2D eigenvalue weighted by molar-refractivity contribution is -0.384. The highest BCUT2D eigenvalue weighted by atomic mass is 16.6. The third-order valence-electron chi connectivity index (χ3n) is 3.56. The van der Waals surface area contributed by atoms with E-state index in [1.165, 1.54) is 24.3 Å². The van der Waals surface area contributed by atoms with Crippen molar-refractivity contribution in [3.8, 4) is 5.75 Å². The van der Waals surface area contributed by atoms with Gasteiger partial charge >= 0.3 is 5.97 Å². The van der Waals surface area contributed by atoms with E-state index < -0.39 is 10.9 Å². The molecular weight excluding hydrogens is 282 g/mol. The minimum Gasteiger partial charge on any atom is -0.423 e. The van der Waals surface area contributed by atoms with Crippen molar-refractivity contribution < 1.29 is 14.5 Å². The summed E-state index contributed by atoms with van der Waals surface area (Å²) in [5, 5.41) is 10.8. The number of nitrogens with zero attached hydrogens (tertiary/aromatic N) is 1. The van der Waals surface area contributed by atoms with E-state index in [4.69, 9.17) is 4.74 Å². The van der Waals surface area contributed by atoms with Crippen LogP contribution in [0.25, 0.3) is 0 Å². The Morgan fingerprint density at radius 2 is 1.95 bits per heavy atom. The molecule has 0 radical (unpaired) electrons. The van der Waals surface area contributed by atoms with Crippen LogP contribution in [0.4, 0.5) is 5.69 Å². The summed E-state index contributed by atoms with van der Waals surface area (Å²) in [6, 6.07) is 12.9. The molecule has 2 aromatic carbocycles. The molecule has 2 rings (SSSR count). The summed E-state index contributed by atoms with van der Waals surface area (Å²) in [6.07, 6.45) is 0.922. The Bertz CT molecular complexity index is 697. The standard InChI is InChI=1S/C17H17NO4/c1-3-12(2)15-9-4-5-10-16(15)22-17(19)13-7-6-8-14(11-13)18(20)21/h4-12H,3H2,1-2H3/t12-/m0/s1. The number of nitro benzene ring substituents is 1. The van der Waals surface area contributed by atoms with E-state index in [0.29, 0.717) is 5.75 Å². The van der Waals surface area contributed by atoms with Gasteiger partial charge in [0.05, 0.1) is 10.5 Å². The highest BCUT2D eigenvalue weighted by Crippen LogP contribution is 2.29. The molecule has 1 atom stereocenters. The van der Waals surface area contributed by atoms with Crippen molar-refractivity contribution in [2.75, 3.05) is 0 Å². The quantitative estimate of drug-likeness (QED) is 0.356. The van der Waals surface area contributed by atoms with E-state index in [0.717, 1.165) is 12.0 Å². The van der Waals surface area contributed by atoms with Gasteiger partial charge in [0.25, 0.3) is 5.69 Å². The molecule has 0 fully saturated rings. The molecule has 0 aliphatic rings. The van der Waals surface area contributed by atoms with Gasteiger partial charge in [0.1, 0.15) is 5.75 Å². The zero-order valence-corrected chi connectivity index (χ0v) is 12.5. The lowest BCUT2D eigenvalue weighted by Gasteiger charge is -2.14. The number of benzene rings is 2. The van der Waals surface area contributed by atoms with Crippen LogP contribution in [0.2, 0.25) is 0 Å². The van der Waals surface area contributed by atoms with Crippen molar-refractivity contribution in [3.63, 3.8) is 0 Å². The number of hydrogen-bond donors (Lipinski definition) is 0. The minimum atomic E-state index is -0.598. The largest absolute Gasteiger partial charge is 0.423 e. The second-order valence-corrected chi connectivity index (χ2v) is 5.04. The fourth-order valence-electron chi connectivity index (χ4n) is 2.11. The van der Waals surface area contributed by atoms with Crippen LogP contribution < -0.4 is 4.74 Å². The Morgan fingerprint density at radius 1 is 1.23 bits per heavy atom. The molecule has 0 aliphatic carbocycles. The molecule has 0 unspecified atom stereocenters. The first-order valence-electron chi connectivity index (χ1n) is 7.08. The van der Waals surface area contributed by atoms with Gasteiger partial charge in [0, 0.05) is 12.1 Å². The summed E-state index contributed by atoms with van der Waals surface area (Å²) in [5.74, 6) is 0.155. The molecule has 0 heterocycles. The van der Waals surface area contributed by atoms with Gasteiger partial charge in [0.2, 0.25) is 0 Å². The van der Waals surface area contributed by atoms with Gasteiger partial charge in [-0.1, -0.05) is 38.1 Å². The highest BCUT2D eigenvalue weighted by Gasteiger charge is 2.16. The Labute approximate surface area is 128 Å². The molecule has 0 aliphatic heterocycles. The highest BCUT2D eigenvalue weighted by molar-refractivity contribution is 5.91. The summed E-state index contributed by atoms with van der Waals surface area (Å²) < 4.78 is 5.43. The zero-order chi connectivity index (χ0) is 16.1. The molecule has 22 heavy (non-hydrogen) atoms. The molecule has 114 valence electrons. The van der Waals surface area contributed by atoms with Crippen molar-refractivity contribution in [1.82, 2.24) is 0 Å². The zero-order valence-electron chi connectivity index (χ0n) is 12.5. The molecule has 5 nitrogen and oxygen atoms in total. The maximum Gasteiger partial charge on any atom is 0.343 e. The van der Waals surface area contributed by atoms with E-state index in [-0.39, 0.29) is 17.2 Å². The summed E-state index contributed by atoms with van der Waals surface area (Å²) in [4.78, 5) is 22.4. The van der Waals surface area contributed by atoms with Crippen LogP contribution in [0.3, 0.4) is 0 Å². The average Bonchev–Trinajstić information content (AvgIpc) is 2.54. The van der Waals surface area contributed by atoms with Crippen LogP contribution in [0.5, 0.6) is 5.75 Å². The SMILES string of the molecule is CC[C@H](C)c1ccccc1OC(=O)c1cccc([N+](=O)[O-])c1. The summed E-state index contributed by atoms with van der Waals surface area (Å²) in [7, 11) is 0. The number of rotatable bonds is 5. The van der Waals surface area contributed by atoms with Crippen LogP contribution in [0, 0.1) is 10.1 Å². The molecular formula is C17H17NO4. The maximum atomic E-state index is 12.2. The van der Waals surface area contributed by atoms with Gasteiger partial charge in [-0.25, -0.2) is 4.79 Å². The fraction of sp³-hybridized carbons (Fsp3) is 0.235. The number of ether oxygens (including phenoxy) is 1. The molecule has 0 saturated heterocycles. The van der Waals surface area contributed by atoms with Gasteiger partial charge in [-0.2, -0.15) is 0 Å². The first-order chi connectivity index (χ1) is 10.5. The number of esters is 1. The average molecular weight is 299 g/mol. The van der Waals surface area contributed by atoms with E-state index in [1.54, 1.807) is 12.1 Å². The van der Waals surface area contributed by atoms with E-state index >= 15 is 0 Å². The Morgan fingerprint density at radius 3 is 2.64 bits per heavy atom. The second kappa shape index (κ2) is 6.85. The normalized spacial score (nSPS) is 11.7. The summed E-state index contributed by atoms with van der Waals surface area (Å²) in [6.45, 7) is 4.11. The van der Waals surface area contributed by atoms with E-state index in [1.807, 2.05) is 12.1 Å². The van der Waals surface area contributed by atoms with Crippen molar-refractivity contribution in [1.29, 1.82) is 0 Å². The van der Waals surface area contributed by atoms with Crippen LogP contribution in [0.15, 0.2) is 48.5 Å². The van der Waals surface area contributed by atoms with E-state index in [9.17, 15) is 14.9 Å². The van der Waals surface area contributed by atoms with Gasteiger partial charge in [-0.05, 0) is 30.0 Å². The Balaban J connectivity index is 2.26. The number of carbonyl (C=O) groups is 1. The molecule has 0 spiro atoms. The van der Waals surface area contributed by atoms with Gasteiger partial charge in [-0.15, -0.1) is 0 Å². The number of nitro groups is 1. The molecule has 2 aromatic rings. The molecule has 0 amide bonds. The summed E-state index contributed by atoms with van der Waals surface area (Å²) >= 11 is 0. The van der Waals surface area contributed by atoms with Gasteiger partial charge in [0.15, 0.2) is 0 Å². The third-order valence-corrected chi connectivity index (χ3v) is 3.56. The number of carbonyl (C=O) groups excluding carboxylic acids is 1. The molecule has 0 bridgehead atoms. The van der Waals surface area contributed by atoms with Crippen LogP contribution in [-0.4, -0.2) is 10.9 Å². The molecule has 0 N–H and O–H groups in total. The first kappa shape index (κ1) is 15.7. The molecule has 0 saturated carbocycles. The van der Waals surface area contributed by atoms with Crippen LogP contribution in [-0.2, 0) is 0 Å². The second-order valence-electron chi connectivity index (χ2n) is 5.04.